The van der Waals surface area contributed by atoms with Crippen molar-refractivity contribution in [2.24, 2.45) is 5.92 Å². The first-order valence-electron chi connectivity index (χ1n) is 9.48. The van der Waals surface area contributed by atoms with Crippen molar-refractivity contribution in [3.63, 3.8) is 0 Å². The van der Waals surface area contributed by atoms with Crippen LogP contribution in [0.15, 0.2) is 30.3 Å². The van der Waals surface area contributed by atoms with E-state index in [1.165, 1.54) is 0 Å². The Morgan fingerprint density at radius 3 is 2.48 bits per heavy atom. The Morgan fingerprint density at radius 2 is 1.81 bits per heavy atom. The van der Waals surface area contributed by atoms with Gasteiger partial charge in [0.05, 0.1) is 17.9 Å². The molecule has 1 amide bonds. The highest BCUT2D eigenvalue weighted by molar-refractivity contribution is 5.93. The van der Waals surface area contributed by atoms with Gasteiger partial charge in [-0.05, 0) is 38.2 Å². The summed E-state index contributed by atoms with van der Waals surface area (Å²) in [5.74, 6) is 0.0441. The zero-order valence-corrected chi connectivity index (χ0v) is 16.3. The van der Waals surface area contributed by atoms with Crippen molar-refractivity contribution in [1.82, 2.24) is 14.7 Å². The highest BCUT2D eigenvalue weighted by Gasteiger charge is 2.24. The standard InChI is InChI=1S/C21H27N3O3/c1-15-9-11-23(12-10-15)19(25)14-27-21(26)20-16(2)22-24(17(20)3)13-18-7-5-4-6-8-18/h4-8,15H,9-14H2,1-3H3. The molecule has 1 aliphatic rings. The third-order valence-corrected chi connectivity index (χ3v) is 5.22. The van der Waals surface area contributed by atoms with Crippen molar-refractivity contribution in [1.29, 1.82) is 0 Å². The normalized spacial score (nSPS) is 15.0. The van der Waals surface area contributed by atoms with Crippen LogP contribution in [-0.4, -0.2) is 46.3 Å². The lowest BCUT2D eigenvalue weighted by Crippen LogP contribution is -2.40. The highest BCUT2D eigenvalue weighted by Crippen LogP contribution is 2.18. The molecule has 0 atom stereocenters. The van der Waals surface area contributed by atoms with Gasteiger partial charge in [0.25, 0.3) is 5.91 Å². The van der Waals surface area contributed by atoms with Gasteiger partial charge < -0.3 is 9.64 Å². The van der Waals surface area contributed by atoms with Crippen LogP contribution in [0, 0.1) is 19.8 Å². The summed E-state index contributed by atoms with van der Waals surface area (Å²) in [6.07, 6.45) is 2.01. The summed E-state index contributed by atoms with van der Waals surface area (Å²) < 4.78 is 7.11. The van der Waals surface area contributed by atoms with E-state index in [4.69, 9.17) is 4.74 Å². The number of ether oxygens (including phenoxy) is 1. The number of benzene rings is 1. The molecule has 6 heteroatoms. The van der Waals surface area contributed by atoms with E-state index in [1.54, 1.807) is 16.5 Å². The third-order valence-electron chi connectivity index (χ3n) is 5.22. The molecular formula is C21H27N3O3. The molecule has 0 bridgehead atoms. The molecule has 0 radical (unpaired) electrons. The molecular weight excluding hydrogens is 342 g/mol. The van der Waals surface area contributed by atoms with Crippen LogP contribution in [0.4, 0.5) is 0 Å². The maximum Gasteiger partial charge on any atom is 0.342 e. The number of aromatic nitrogens is 2. The second kappa shape index (κ2) is 8.37. The predicted molar refractivity (Wildman–Crippen MR) is 103 cm³/mol. The molecule has 1 aliphatic heterocycles. The highest BCUT2D eigenvalue weighted by atomic mass is 16.5. The molecule has 2 heterocycles. The van der Waals surface area contributed by atoms with E-state index in [-0.39, 0.29) is 12.5 Å². The molecule has 3 rings (SSSR count). The average molecular weight is 369 g/mol. The van der Waals surface area contributed by atoms with E-state index in [2.05, 4.69) is 12.0 Å². The molecule has 1 saturated heterocycles. The second-order valence-electron chi connectivity index (χ2n) is 7.33. The van der Waals surface area contributed by atoms with Gasteiger partial charge >= 0.3 is 5.97 Å². The minimum Gasteiger partial charge on any atom is -0.452 e. The van der Waals surface area contributed by atoms with Crippen molar-refractivity contribution < 1.29 is 14.3 Å². The summed E-state index contributed by atoms with van der Waals surface area (Å²) in [5.41, 5.74) is 2.93. The number of carbonyl (C=O) groups excluding carboxylic acids is 2. The van der Waals surface area contributed by atoms with E-state index >= 15 is 0 Å². The number of aryl methyl sites for hydroxylation is 1. The number of hydrogen-bond donors (Lipinski definition) is 0. The zero-order chi connectivity index (χ0) is 19.4. The van der Waals surface area contributed by atoms with Crippen molar-refractivity contribution in [2.75, 3.05) is 19.7 Å². The topological polar surface area (TPSA) is 64.4 Å². The summed E-state index contributed by atoms with van der Waals surface area (Å²) in [6.45, 7) is 7.70. The van der Waals surface area contributed by atoms with Gasteiger partial charge in [-0.15, -0.1) is 0 Å². The Balaban J connectivity index is 1.62. The van der Waals surface area contributed by atoms with Crippen molar-refractivity contribution >= 4 is 11.9 Å². The number of likely N-dealkylation sites (tertiary alicyclic amines) is 1. The zero-order valence-electron chi connectivity index (χ0n) is 16.3. The Bertz CT molecular complexity index is 806. The molecule has 6 nitrogen and oxygen atoms in total. The first kappa shape index (κ1) is 19.1. The van der Waals surface area contributed by atoms with E-state index in [0.29, 0.717) is 23.7 Å². The van der Waals surface area contributed by atoms with E-state index in [1.807, 2.05) is 37.3 Å². The molecule has 0 aliphatic carbocycles. The maximum absolute atomic E-state index is 12.5. The monoisotopic (exact) mass is 369 g/mol. The van der Waals surface area contributed by atoms with Crippen LogP contribution in [0.1, 0.15) is 47.1 Å². The SMILES string of the molecule is Cc1nn(Cc2ccccc2)c(C)c1C(=O)OCC(=O)N1CCC(C)CC1. The number of carbonyl (C=O) groups is 2. The molecule has 0 saturated carbocycles. The Hall–Kier alpha value is -2.63. The quantitative estimate of drug-likeness (QED) is 0.760. The largest absolute Gasteiger partial charge is 0.452 e. The Morgan fingerprint density at radius 1 is 1.15 bits per heavy atom. The number of nitrogens with zero attached hydrogens (tertiary/aromatic N) is 3. The van der Waals surface area contributed by atoms with Gasteiger partial charge in [-0.3, -0.25) is 9.48 Å². The van der Waals surface area contributed by atoms with Gasteiger partial charge in [0.2, 0.25) is 0 Å². The van der Waals surface area contributed by atoms with Gasteiger partial charge in [-0.1, -0.05) is 37.3 Å². The summed E-state index contributed by atoms with van der Waals surface area (Å²) in [7, 11) is 0. The molecule has 1 fully saturated rings. The van der Waals surface area contributed by atoms with Crippen LogP contribution in [0.25, 0.3) is 0 Å². The summed E-state index contributed by atoms with van der Waals surface area (Å²) in [6, 6.07) is 9.96. The van der Waals surface area contributed by atoms with Crippen LogP contribution in [0.2, 0.25) is 0 Å². The smallest absolute Gasteiger partial charge is 0.342 e. The number of piperidine rings is 1. The van der Waals surface area contributed by atoms with E-state index in [0.717, 1.165) is 37.2 Å². The van der Waals surface area contributed by atoms with Crippen molar-refractivity contribution in [2.45, 2.75) is 40.2 Å². The second-order valence-corrected chi connectivity index (χ2v) is 7.33. The lowest BCUT2D eigenvalue weighted by molar-refractivity contribution is -0.135. The summed E-state index contributed by atoms with van der Waals surface area (Å²) in [4.78, 5) is 26.6. The van der Waals surface area contributed by atoms with Crippen molar-refractivity contribution in [3.8, 4) is 0 Å². The van der Waals surface area contributed by atoms with Crippen LogP contribution in [0.3, 0.4) is 0 Å². The Kier molecular flexibility index (Phi) is 5.94. The first-order valence-corrected chi connectivity index (χ1v) is 9.48. The van der Waals surface area contributed by atoms with E-state index in [9.17, 15) is 9.59 Å². The van der Waals surface area contributed by atoms with Gasteiger partial charge in [0.1, 0.15) is 5.56 Å². The van der Waals surface area contributed by atoms with Gasteiger partial charge in [0.15, 0.2) is 6.61 Å². The van der Waals surface area contributed by atoms with Crippen LogP contribution >= 0.6 is 0 Å². The fraction of sp³-hybridized carbons (Fsp3) is 0.476. The van der Waals surface area contributed by atoms with Crippen LogP contribution in [-0.2, 0) is 16.1 Å². The molecule has 1 aromatic heterocycles. The number of esters is 1. The molecule has 0 spiro atoms. The van der Waals surface area contributed by atoms with Crippen LogP contribution in [0.5, 0.6) is 0 Å². The summed E-state index contributed by atoms with van der Waals surface area (Å²) >= 11 is 0. The Labute approximate surface area is 160 Å². The number of amides is 1. The first-order chi connectivity index (χ1) is 13.0. The minimum atomic E-state index is -0.483. The predicted octanol–water partition coefficient (Wildman–Crippen LogP) is 2.96. The lowest BCUT2D eigenvalue weighted by Gasteiger charge is -2.30. The van der Waals surface area contributed by atoms with Crippen LogP contribution < -0.4 is 0 Å². The van der Waals surface area contributed by atoms with Gasteiger partial charge in [-0.25, -0.2) is 4.79 Å². The maximum atomic E-state index is 12.5. The molecule has 144 valence electrons. The lowest BCUT2D eigenvalue weighted by atomic mass is 9.99. The number of rotatable bonds is 5. The third kappa shape index (κ3) is 4.56. The van der Waals surface area contributed by atoms with Crippen molar-refractivity contribution in [3.05, 3.63) is 52.8 Å². The molecule has 27 heavy (non-hydrogen) atoms. The van der Waals surface area contributed by atoms with E-state index < -0.39 is 5.97 Å². The molecule has 0 N–H and O–H groups in total. The average Bonchev–Trinajstić information content (AvgIpc) is 2.94. The minimum absolute atomic E-state index is 0.123. The summed E-state index contributed by atoms with van der Waals surface area (Å²) in [5, 5.41) is 4.47. The fourth-order valence-corrected chi connectivity index (χ4v) is 3.45. The number of hydrogen-bond acceptors (Lipinski definition) is 4. The molecule has 1 aromatic carbocycles. The fourth-order valence-electron chi connectivity index (χ4n) is 3.45. The van der Waals surface area contributed by atoms with Gasteiger partial charge in [-0.2, -0.15) is 5.10 Å². The molecule has 0 unspecified atom stereocenters. The molecule has 2 aromatic rings. The van der Waals surface area contributed by atoms with Gasteiger partial charge in [0, 0.05) is 13.1 Å².